The molecule has 0 atom stereocenters. The highest BCUT2D eigenvalue weighted by molar-refractivity contribution is 6.40. The van der Waals surface area contributed by atoms with Crippen LogP contribution in [0.5, 0.6) is 0 Å². The second-order valence-electron chi connectivity index (χ2n) is 7.28. The summed E-state index contributed by atoms with van der Waals surface area (Å²) in [6, 6.07) is 14.5. The maximum atomic E-state index is 12.6. The molecule has 6 nitrogen and oxygen atoms in total. The second-order valence-corrected chi connectivity index (χ2v) is 7.28. The number of carbonyl (C=O) groups is 3. The van der Waals surface area contributed by atoms with Crippen molar-refractivity contribution in [3.05, 3.63) is 65.2 Å². The van der Waals surface area contributed by atoms with Crippen molar-refractivity contribution in [1.29, 1.82) is 0 Å². The van der Waals surface area contributed by atoms with E-state index in [2.05, 4.69) is 22.9 Å². The summed E-state index contributed by atoms with van der Waals surface area (Å²) >= 11 is 0. The lowest BCUT2D eigenvalue weighted by molar-refractivity contribution is -0.136. The number of unbranched alkanes of at least 4 members (excludes halogenated alkanes) is 4. The molecule has 2 aromatic carbocycles. The molecule has 2 aromatic rings. The number of anilines is 1. The highest BCUT2D eigenvalue weighted by Gasteiger charge is 2.17. The van der Waals surface area contributed by atoms with Crippen LogP contribution in [0, 0.1) is 6.92 Å². The summed E-state index contributed by atoms with van der Waals surface area (Å²) in [7, 11) is 0. The first-order valence-electron chi connectivity index (χ1n) is 10.5. The fourth-order valence-corrected chi connectivity index (χ4v) is 3.06. The molecule has 0 aliphatic carbocycles. The smallest absolute Gasteiger partial charge is 0.313 e. The third-order valence-corrected chi connectivity index (χ3v) is 4.89. The van der Waals surface area contributed by atoms with Gasteiger partial charge in [-0.3, -0.25) is 14.4 Å². The molecule has 0 aliphatic rings. The van der Waals surface area contributed by atoms with E-state index < -0.39 is 11.8 Å². The van der Waals surface area contributed by atoms with Crippen LogP contribution < -0.4 is 16.0 Å². The highest BCUT2D eigenvalue weighted by atomic mass is 16.2. The van der Waals surface area contributed by atoms with Crippen molar-refractivity contribution in [2.45, 2.75) is 52.5 Å². The van der Waals surface area contributed by atoms with Crippen molar-refractivity contribution >= 4 is 23.4 Å². The summed E-state index contributed by atoms with van der Waals surface area (Å²) < 4.78 is 0. The van der Waals surface area contributed by atoms with Gasteiger partial charge in [-0.05, 0) is 36.6 Å². The second kappa shape index (κ2) is 12.4. The van der Waals surface area contributed by atoms with Gasteiger partial charge >= 0.3 is 11.8 Å². The molecule has 6 heteroatoms. The van der Waals surface area contributed by atoms with Gasteiger partial charge in [0.05, 0.1) is 11.3 Å². The fourth-order valence-electron chi connectivity index (χ4n) is 3.06. The maximum Gasteiger partial charge on any atom is 0.313 e. The zero-order chi connectivity index (χ0) is 21.8. The Kier molecular flexibility index (Phi) is 9.58. The number of hydrogen-bond donors (Lipinski definition) is 3. The van der Waals surface area contributed by atoms with E-state index in [-0.39, 0.29) is 5.91 Å². The molecule has 160 valence electrons. The number of hydrogen-bond acceptors (Lipinski definition) is 3. The van der Waals surface area contributed by atoms with E-state index in [0.717, 1.165) is 36.8 Å². The molecular formula is C24H31N3O3. The molecule has 2 rings (SSSR count). The van der Waals surface area contributed by atoms with Crippen molar-refractivity contribution in [3.8, 4) is 0 Å². The standard InChI is InChI=1S/C24H31N3O3/c1-3-4-5-6-11-16-25-23(29)24(30)27-21-15-10-9-14-20(21)22(28)26-17-19-13-8-7-12-18(19)2/h7-10,12-15H,3-6,11,16-17H2,1-2H3,(H,25,29)(H,26,28)(H,27,30). The van der Waals surface area contributed by atoms with Gasteiger partial charge in [0.25, 0.3) is 5.91 Å². The molecule has 0 unspecified atom stereocenters. The maximum absolute atomic E-state index is 12.6. The Labute approximate surface area is 178 Å². The number of amides is 3. The number of rotatable bonds is 10. The van der Waals surface area contributed by atoms with Crippen LogP contribution in [0.1, 0.15) is 60.5 Å². The number of aryl methyl sites for hydroxylation is 1. The van der Waals surface area contributed by atoms with Gasteiger partial charge in [0.15, 0.2) is 0 Å². The molecule has 3 N–H and O–H groups in total. The van der Waals surface area contributed by atoms with E-state index in [1.54, 1.807) is 24.3 Å². The van der Waals surface area contributed by atoms with Crippen LogP contribution in [0.15, 0.2) is 48.5 Å². The van der Waals surface area contributed by atoms with Gasteiger partial charge < -0.3 is 16.0 Å². The Morgan fingerprint density at radius 3 is 2.27 bits per heavy atom. The molecule has 0 aromatic heterocycles. The van der Waals surface area contributed by atoms with Gasteiger partial charge in [0.1, 0.15) is 0 Å². The van der Waals surface area contributed by atoms with Crippen molar-refractivity contribution in [2.75, 3.05) is 11.9 Å². The quantitative estimate of drug-likeness (QED) is 0.410. The van der Waals surface area contributed by atoms with E-state index in [1.807, 2.05) is 31.2 Å². The molecular weight excluding hydrogens is 378 g/mol. The largest absolute Gasteiger partial charge is 0.348 e. The zero-order valence-electron chi connectivity index (χ0n) is 17.8. The molecule has 0 bridgehead atoms. The molecule has 0 spiro atoms. The molecule has 0 saturated heterocycles. The zero-order valence-corrected chi connectivity index (χ0v) is 17.8. The van der Waals surface area contributed by atoms with Gasteiger partial charge in [0.2, 0.25) is 0 Å². The minimum absolute atomic E-state index is 0.308. The topological polar surface area (TPSA) is 87.3 Å². The van der Waals surface area contributed by atoms with Crippen LogP contribution in [0.25, 0.3) is 0 Å². The summed E-state index contributed by atoms with van der Waals surface area (Å²) in [4.78, 5) is 36.9. The Balaban J connectivity index is 1.89. The van der Waals surface area contributed by atoms with Gasteiger partial charge in [-0.1, -0.05) is 69.0 Å². The van der Waals surface area contributed by atoms with Crippen molar-refractivity contribution in [3.63, 3.8) is 0 Å². The SMILES string of the molecule is CCCCCCCNC(=O)C(=O)Nc1ccccc1C(=O)NCc1ccccc1C. The highest BCUT2D eigenvalue weighted by Crippen LogP contribution is 2.15. The third kappa shape index (κ3) is 7.35. The monoisotopic (exact) mass is 409 g/mol. The molecule has 0 aliphatic heterocycles. The van der Waals surface area contributed by atoms with Crippen LogP contribution >= 0.6 is 0 Å². The van der Waals surface area contributed by atoms with Crippen molar-refractivity contribution in [2.24, 2.45) is 0 Å². The van der Waals surface area contributed by atoms with Gasteiger partial charge in [0, 0.05) is 13.1 Å². The van der Waals surface area contributed by atoms with Crippen LogP contribution in [0.3, 0.4) is 0 Å². The van der Waals surface area contributed by atoms with E-state index in [0.29, 0.717) is 24.3 Å². The molecule has 0 heterocycles. The Morgan fingerprint density at radius 2 is 1.50 bits per heavy atom. The average Bonchev–Trinajstić information content (AvgIpc) is 2.75. The minimum atomic E-state index is -0.775. The molecule has 0 fully saturated rings. The normalized spacial score (nSPS) is 10.3. The number of nitrogens with one attached hydrogen (secondary N) is 3. The van der Waals surface area contributed by atoms with E-state index in [1.165, 1.54) is 6.42 Å². The molecule has 0 saturated carbocycles. The van der Waals surface area contributed by atoms with Crippen LogP contribution in [-0.2, 0) is 16.1 Å². The predicted molar refractivity (Wildman–Crippen MR) is 119 cm³/mol. The number of carbonyl (C=O) groups excluding carboxylic acids is 3. The average molecular weight is 410 g/mol. The Morgan fingerprint density at radius 1 is 0.800 bits per heavy atom. The van der Waals surface area contributed by atoms with E-state index in [4.69, 9.17) is 0 Å². The fraction of sp³-hybridized carbons (Fsp3) is 0.375. The lowest BCUT2D eigenvalue weighted by atomic mass is 10.1. The van der Waals surface area contributed by atoms with E-state index >= 15 is 0 Å². The molecule has 3 amide bonds. The summed E-state index contributed by atoms with van der Waals surface area (Å²) in [5, 5.41) is 8.05. The number of benzene rings is 2. The van der Waals surface area contributed by atoms with Gasteiger partial charge in [-0.15, -0.1) is 0 Å². The number of para-hydroxylation sites is 1. The summed E-state index contributed by atoms with van der Waals surface area (Å²) in [5.41, 5.74) is 2.73. The Hall–Kier alpha value is -3.15. The van der Waals surface area contributed by atoms with Gasteiger partial charge in [-0.25, -0.2) is 0 Å². The first-order chi connectivity index (χ1) is 14.5. The lowest BCUT2D eigenvalue weighted by Crippen LogP contribution is -2.36. The van der Waals surface area contributed by atoms with Crippen molar-refractivity contribution < 1.29 is 14.4 Å². The summed E-state index contributed by atoms with van der Waals surface area (Å²) in [5.74, 6) is -1.78. The van der Waals surface area contributed by atoms with Crippen LogP contribution in [0.2, 0.25) is 0 Å². The minimum Gasteiger partial charge on any atom is -0.348 e. The van der Waals surface area contributed by atoms with E-state index in [9.17, 15) is 14.4 Å². The first-order valence-corrected chi connectivity index (χ1v) is 10.5. The predicted octanol–water partition coefficient (Wildman–Crippen LogP) is 3.95. The summed E-state index contributed by atoms with van der Waals surface area (Å²) in [6.07, 6.45) is 5.34. The lowest BCUT2D eigenvalue weighted by Gasteiger charge is -2.12. The first kappa shape index (κ1) is 23.1. The Bertz CT molecular complexity index is 864. The van der Waals surface area contributed by atoms with Crippen LogP contribution in [-0.4, -0.2) is 24.3 Å². The van der Waals surface area contributed by atoms with Crippen molar-refractivity contribution in [1.82, 2.24) is 10.6 Å². The van der Waals surface area contributed by atoms with Gasteiger partial charge in [-0.2, -0.15) is 0 Å². The third-order valence-electron chi connectivity index (χ3n) is 4.89. The summed E-state index contributed by atoms with van der Waals surface area (Å²) in [6.45, 7) is 4.98. The van der Waals surface area contributed by atoms with Crippen LogP contribution in [0.4, 0.5) is 5.69 Å². The molecule has 30 heavy (non-hydrogen) atoms. The molecule has 0 radical (unpaired) electrons.